The Morgan fingerprint density at radius 2 is 1.81 bits per heavy atom. The third-order valence-electron chi connectivity index (χ3n) is 2.52. The number of benzene rings is 1. The molecule has 0 spiro atoms. The molecule has 0 saturated carbocycles. The second-order valence-electron chi connectivity index (χ2n) is 3.36. The summed E-state index contributed by atoms with van der Waals surface area (Å²) in [5, 5.41) is 8.78. The summed E-state index contributed by atoms with van der Waals surface area (Å²) in [6.07, 6.45) is 1.21. The Morgan fingerprint density at radius 1 is 1.25 bits per heavy atom. The average molecular weight is 224 g/mol. The highest BCUT2D eigenvalue weighted by atomic mass is 16.7. The lowest BCUT2D eigenvalue weighted by Crippen LogP contribution is -2.32. The van der Waals surface area contributed by atoms with Crippen molar-refractivity contribution >= 4 is 6.29 Å². The second-order valence-corrected chi connectivity index (χ2v) is 3.36. The van der Waals surface area contributed by atoms with Crippen LogP contribution < -0.4 is 0 Å². The van der Waals surface area contributed by atoms with E-state index in [9.17, 15) is 4.79 Å². The number of methoxy groups -OCH3 is 2. The summed E-state index contributed by atoms with van der Waals surface area (Å²) in [6, 6.07) is 7.18. The van der Waals surface area contributed by atoms with Crippen molar-refractivity contribution in [1.82, 2.24) is 0 Å². The zero-order chi connectivity index (χ0) is 12.0. The lowest BCUT2D eigenvalue weighted by molar-refractivity contribution is -0.201. The van der Waals surface area contributed by atoms with Crippen molar-refractivity contribution in [3.8, 4) is 0 Å². The van der Waals surface area contributed by atoms with E-state index in [-0.39, 0.29) is 6.61 Å². The molecule has 0 bridgehead atoms. The van der Waals surface area contributed by atoms with Crippen LogP contribution in [0.1, 0.15) is 11.1 Å². The fraction of sp³-hybridized carbons (Fsp3) is 0.417. The predicted octanol–water partition coefficient (Wildman–Crippen LogP) is 0.866. The molecule has 1 N–H and O–H groups in total. The SMILES string of the molecule is COC(C=O)(OC)c1ccc(CCO)cc1. The lowest BCUT2D eigenvalue weighted by Gasteiger charge is -2.25. The van der Waals surface area contributed by atoms with Crippen molar-refractivity contribution in [1.29, 1.82) is 0 Å². The van der Waals surface area contributed by atoms with Crippen molar-refractivity contribution in [2.24, 2.45) is 0 Å². The van der Waals surface area contributed by atoms with Crippen LogP contribution in [0, 0.1) is 0 Å². The molecule has 4 heteroatoms. The number of hydrogen-bond acceptors (Lipinski definition) is 4. The van der Waals surface area contributed by atoms with Crippen LogP contribution in [0.3, 0.4) is 0 Å². The molecule has 0 heterocycles. The Balaban J connectivity index is 2.98. The van der Waals surface area contributed by atoms with Crippen LogP contribution in [-0.2, 0) is 26.5 Å². The van der Waals surface area contributed by atoms with Gasteiger partial charge in [-0.2, -0.15) is 0 Å². The molecular formula is C12H16O4. The van der Waals surface area contributed by atoms with Crippen LogP contribution in [0.5, 0.6) is 0 Å². The molecule has 0 aliphatic rings. The summed E-state index contributed by atoms with van der Waals surface area (Å²) in [4.78, 5) is 11.0. The molecule has 1 rings (SSSR count). The minimum Gasteiger partial charge on any atom is -0.396 e. The van der Waals surface area contributed by atoms with Gasteiger partial charge in [-0.25, -0.2) is 0 Å². The molecule has 4 nitrogen and oxygen atoms in total. The van der Waals surface area contributed by atoms with Gasteiger partial charge in [0.05, 0.1) is 0 Å². The third-order valence-corrected chi connectivity index (χ3v) is 2.52. The zero-order valence-corrected chi connectivity index (χ0v) is 9.47. The summed E-state index contributed by atoms with van der Waals surface area (Å²) in [6.45, 7) is 0.104. The topological polar surface area (TPSA) is 55.8 Å². The molecular weight excluding hydrogens is 208 g/mol. The third kappa shape index (κ3) is 2.47. The van der Waals surface area contributed by atoms with Crippen LogP contribution in [-0.4, -0.2) is 32.2 Å². The highest BCUT2D eigenvalue weighted by Crippen LogP contribution is 2.23. The van der Waals surface area contributed by atoms with E-state index >= 15 is 0 Å². The van der Waals surface area contributed by atoms with Gasteiger partial charge in [0, 0.05) is 26.4 Å². The zero-order valence-electron chi connectivity index (χ0n) is 9.47. The van der Waals surface area contributed by atoms with Crippen molar-refractivity contribution < 1.29 is 19.4 Å². The average Bonchev–Trinajstić information content (AvgIpc) is 2.34. The number of aliphatic hydroxyl groups excluding tert-OH is 1. The van der Waals surface area contributed by atoms with Gasteiger partial charge in [-0.3, -0.25) is 4.79 Å². The van der Waals surface area contributed by atoms with Gasteiger partial charge in [-0.15, -0.1) is 0 Å². The Bertz CT molecular complexity index is 327. The van der Waals surface area contributed by atoms with Crippen LogP contribution >= 0.6 is 0 Å². The van der Waals surface area contributed by atoms with E-state index in [1.54, 1.807) is 12.1 Å². The molecule has 0 fully saturated rings. The van der Waals surface area contributed by atoms with Crippen molar-refractivity contribution in [3.05, 3.63) is 35.4 Å². The fourth-order valence-electron chi connectivity index (χ4n) is 1.52. The van der Waals surface area contributed by atoms with Gasteiger partial charge in [0.25, 0.3) is 5.79 Å². The lowest BCUT2D eigenvalue weighted by atomic mass is 10.0. The smallest absolute Gasteiger partial charge is 0.252 e. The van der Waals surface area contributed by atoms with Crippen LogP contribution in [0.15, 0.2) is 24.3 Å². The van der Waals surface area contributed by atoms with Crippen LogP contribution in [0.25, 0.3) is 0 Å². The second kappa shape index (κ2) is 5.75. The molecule has 0 amide bonds. The van der Waals surface area contributed by atoms with Gasteiger partial charge in [-0.05, 0) is 12.0 Å². The van der Waals surface area contributed by atoms with Gasteiger partial charge in [0.15, 0.2) is 6.29 Å². The van der Waals surface area contributed by atoms with E-state index in [4.69, 9.17) is 14.6 Å². The van der Waals surface area contributed by atoms with Crippen LogP contribution in [0.2, 0.25) is 0 Å². The maximum atomic E-state index is 11.0. The predicted molar refractivity (Wildman–Crippen MR) is 59.0 cm³/mol. The molecule has 1 aromatic carbocycles. The molecule has 0 aliphatic carbocycles. The van der Waals surface area contributed by atoms with Crippen molar-refractivity contribution in [3.63, 3.8) is 0 Å². The van der Waals surface area contributed by atoms with Gasteiger partial charge in [-0.1, -0.05) is 24.3 Å². The number of carbonyl (C=O) groups excluding carboxylic acids is 1. The van der Waals surface area contributed by atoms with Gasteiger partial charge in [0.2, 0.25) is 0 Å². The Morgan fingerprint density at radius 3 is 2.19 bits per heavy atom. The number of aliphatic hydroxyl groups is 1. The Kier molecular flexibility index (Phi) is 4.61. The largest absolute Gasteiger partial charge is 0.396 e. The molecule has 88 valence electrons. The first-order valence-corrected chi connectivity index (χ1v) is 4.99. The first-order valence-electron chi connectivity index (χ1n) is 4.99. The van der Waals surface area contributed by atoms with Crippen molar-refractivity contribution in [2.45, 2.75) is 12.2 Å². The molecule has 0 atom stereocenters. The maximum absolute atomic E-state index is 11.0. The number of rotatable bonds is 6. The summed E-state index contributed by atoms with van der Waals surface area (Å²) in [5.41, 5.74) is 1.63. The minimum atomic E-state index is -1.34. The molecule has 16 heavy (non-hydrogen) atoms. The number of hydrogen-bond donors (Lipinski definition) is 1. The van der Waals surface area contributed by atoms with E-state index in [2.05, 4.69) is 0 Å². The van der Waals surface area contributed by atoms with E-state index in [0.717, 1.165) is 5.56 Å². The summed E-state index contributed by atoms with van der Waals surface area (Å²) >= 11 is 0. The van der Waals surface area contributed by atoms with Gasteiger partial charge >= 0.3 is 0 Å². The van der Waals surface area contributed by atoms with Gasteiger partial charge < -0.3 is 14.6 Å². The molecule has 0 aromatic heterocycles. The highest BCUT2D eigenvalue weighted by molar-refractivity contribution is 5.64. The molecule has 0 aliphatic heterocycles. The van der Waals surface area contributed by atoms with Crippen LogP contribution in [0.4, 0.5) is 0 Å². The van der Waals surface area contributed by atoms with Crippen molar-refractivity contribution in [2.75, 3.05) is 20.8 Å². The Labute approximate surface area is 94.8 Å². The normalized spacial score (nSPS) is 11.4. The van der Waals surface area contributed by atoms with E-state index in [0.29, 0.717) is 18.3 Å². The van der Waals surface area contributed by atoms with E-state index < -0.39 is 5.79 Å². The fourth-order valence-corrected chi connectivity index (χ4v) is 1.52. The first kappa shape index (κ1) is 12.8. The molecule has 1 aromatic rings. The Hall–Kier alpha value is -1.23. The van der Waals surface area contributed by atoms with E-state index in [1.807, 2.05) is 12.1 Å². The highest BCUT2D eigenvalue weighted by Gasteiger charge is 2.31. The summed E-state index contributed by atoms with van der Waals surface area (Å²) in [7, 11) is 2.83. The monoisotopic (exact) mass is 224 g/mol. The van der Waals surface area contributed by atoms with Gasteiger partial charge in [0.1, 0.15) is 0 Å². The number of aldehydes is 1. The minimum absolute atomic E-state index is 0.104. The quantitative estimate of drug-likeness (QED) is 0.575. The number of carbonyl (C=O) groups is 1. The molecule has 0 saturated heterocycles. The van der Waals surface area contributed by atoms with E-state index in [1.165, 1.54) is 14.2 Å². The maximum Gasteiger partial charge on any atom is 0.252 e. The first-order chi connectivity index (χ1) is 7.72. The summed E-state index contributed by atoms with van der Waals surface area (Å²) < 4.78 is 10.2. The molecule has 0 radical (unpaired) electrons. The molecule has 0 unspecified atom stereocenters. The summed E-state index contributed by atoms with van der Waals surface area (Å²) in [5.74, 6) is -1.34. The standard InChI is InChI=1S/C12H16O4/c1-15-12(9-14,16-2)11-5-3-10(4-6-11)7-8-13/h3-6,9,13H,7-8H2,1-2H3. The number of ether oxygens (including phenoxy) is 2.